The van der Waals surface area contributed by atoms with Gasteiger partial charge in [0, 0.05) is 24.3 Å². The van der Waals surface area contributed by atoms with Crippen molar-refractivity contribution in [1.29, 1.82) is 0 Å². The number of carbonyl (C=O) groups is 1. The van der Waals surface area contributed by atoms with Crippen molar-refractivity contribution in [3.05, 3.63) is 35.9 Å². The van der Waals surface area contributed by atoms with E-state index in [4.69, 9.17) is 5.73 Å². The quantitative estimate of drug-likeness (QED) is 0.653. The fourth-order valence-electron chi connectivity index (χ4n) is 3.11. The number of fused-ring (bicyclic) bond motifs is 1. The molecule has 3 rings (SSSR count). The molecule has 3 nitrogen and oxygen atoms in total. The van der Waals surface area contributed by atoms with Crippen molar-refractivity contribution in [3.8, 4) is 0 Å². The number of benzene rings is 1. The van der Waals surface area contributed by atoms with Crippen molar-refractivity contribution in [2.24, 2.45) is 5.92 Å². The Balaban J connectivity index is 1.81. The lowest BCUT2D eigenvalue weighted by molar-refractivity contribution is -0.119. The Morgan fingerprint density at radius 1 is 1.42 bits per heavy atom. The lowest BCUT2D eigenvalue weighted by atomic mass is 9.98. The van der Waals surface area contributed by atoms with E-state index in [1.807, 2.05) is 23.1 Å². The van der Waals surface area contributed by atoms with Crippen LogP contribution in [0.4, 0.5) is 11.4 Å². The highest BCUT2D eigenvalue weighted by atomic mass is 16.2. The normalized spacial score (nSPS) is 21.5. The molecule has 1 amide bonds. The largest absolute Gasteiger partial charge is 0.398 e. The average molecular weight is 256 g/mol. The first-order chi connectivity index (χ1) is 9.25. The SMILES string of the molecule is Nc1cccc2c1CCCN2C(=O)CC1C=CCC1. The van der Waals surface area contributed by atoms with Crippen molar-refractivity contribution in [1.82, 2.24) is 0 Å². The maximum atomic E-state index is 12.5. The molecule has 0 spiro atoms. The van der Waals surface area contributed by atoms with Gasteiger partial charge in [0.15, 0.2) is 0 Å². The summed E-state index contributed by atoms with van der Waals surface area (Å²) in [6.07, 6.45) is 9.21. The van der Waals surface area contributed by atoms with E-state index in [0.29, 0.717) is 12.3 Å². The lowest BCUT2D eigenvalue weighted by Crippen LogP contribution is -2.36. The summed E-state index contributed by atoms with van der Waals surface area (Å²) in [6, 6.07) is 5.88. The maximum absolute atomic E-state index is 12.5. The average Bonchev–Trinajstić information content (AvgIpc) is 2.91. The minimum Gasteiger partial charge on any atom is -0.398 e. The van der Waals surface area contributed by atoms with Crippen LogP contribution in [-0.4, -0.2) is 12.5 Å². The molecule has 0 radical (unpaired) electrons. The van der Waals surface area contributed by atoms with Crippen LogP contribution in [-0.2, 0) is 11.2 Å². The molecule has 0 bridgehead atoms. The Bertz CT molecular complexity index is 521. The summed E-state index contributed by atoms with van der Waals surface area (Å²) in [4.78, 5) is 14.4. The molecule has 1 aromatic rings. The molecule has 1 heterocycles. The fourth-order valence-corrected chi connectivity index (χ4v) is 3.11. The Kier molecular flexibility index (Phi) is 3.28. The zero-order chi connectivity index (χ0) is 13.2. The van der Waals surface area contributed by atoms with Crippen LogP contribution in [0.3, 0.4) is 0 Å². The van der Waals surface area contributed by atoms with Crippen LogP contribution in [0.15, 0.2) is 30.4 Å². The van der Waals surface area contributed by atoms with Crippen LogP contribution < -0.4 is 10.6 Å². The van der Waals surface area contributed by atoms with Gasteiger partial charge in [-0.15, -0.1) is 0 Å². The summed E-state index contributed by atoms with van der Waals surface area (Å²) in [5, 5.41) is 0. The summed E-state index contributed by atoms with van der Waals surface area (Å²) in [5.41, 5.74) is 9.00. The predicted molar refractivity (Wildman–Crippen MR) is 78.0 cm³/mol. The van der Waals surface area contributed by atoms with Crippen LogP contribution in [0.5, 0.6) is 0 Å². The first kappa shape index (κ1) is 12.3. The van der Waals surface area contributed by atoms with E-state index in [1.165, 1.54) is 0 Å². The van der Waals surface area contributed by atoms with Gasteiger partial charge >= 0.3 is 0 Å². The van der Waals surface area contributed by atoms with E-state index >= 15 is 0 Å². The van der Waals surface area contributed by atoms with E-state index in [0.717, 1.165) is 49.2 Å². The van der Waals surface area contributed by atoms with E-state index in [2.05, 4.69) is 12.2 Å². The van der Waals surface area contributed by atoms with Gasteiger partial charge in [0.05, 0.1) is 0 Å². The van der Waals surface area contributed by atoms with Crippen LogP contribution in [0.25, 0.3) is 0 Å². The number of hydrogen-bond donors (Lipinski definition) is 1. The monoisotopic (exact) mass is 256 g/mol. The van der Waals surface area contributed by atoms with Crippen LogP contribution in [0.1, 0.15) is 31.2 Å². The molecule has 3 heteroatoms. The molecule has 1 aromatic carbocycles. The number of anilines is 2. The molecule has 0 saturated carbocycles. The number of amides is 1. The third-order valence-electron chi connectivity index (χ3n) is 4.14. The standard InChI is InChI=1S/C16H20N2O/c17-14-8-3-9-15-13(14)7-4-10-18(15)16(19)11-12-5-1-2-6-12/h1,3,5,8-9,12H,2,4,6-7,10-11,17H2. The number of nitrogens with two attached hydrogens (primary N) is 1. The Morgan fingerprint density at radius 2 is 2.32 bits per heavy atom. The Labute approximate surface area is 114 Å². The van der Waals surface area contributed by atoms with Gasteiger partial charge in [-0.25, -0.2) is 0 Å². The van der Waals surface area contributed by atoms with Gasteiger partial charge in [-0.05, 0) is 49.3 Å². The molecule has 2 aliphatic rings. The molecule has 1 aliphatic carbocycles. The van der Waals surface area contributed by atoms with Gasteiger partial charge in [-0.2, -0.15) is 0 Å². The van der Waals surface area contributed by atoms with E-state index in [-0.39, 0.29) is 5.91 Å². The Morgan fingerprint density at radius 3 is 3.11 bits per heavy atom. The van der Waals surface area contributed by atoms with Crippen molar-refractivity contribution in [2.75, 3.05) is 17.2 Å². The maximum Gasteiger partial charge on any atom is 0.227 e. The smallest absolute Gasteiger partial charge is 0.227 e. The molecule has 1 unspecified atom stereocenters. The number of nitrogens with zero attached hydrogens (tertiary/aromatic N) is 1. The molecule has 0 saturated heterocycles. The molecular weight excluding hydrogens is 236 g/mol. The molecule has 0 fully saturated rings. The minimum atomic E-state index is 0.239. The van der Waals surface area contributed by atoms with Crippen LogP contribution >= 0.6 is 0 Å². The molecule has 19 heavy (non-hydrogen) atoms. The van der Waals surface area contributed by atoms with Gasteiger partial charge in [-0.1, -0.05) is 18.2 Å². The zero-order valence-electron chi connectivity index (χ0n) is 11.1. The van der Waals surface area contributed by atoms with Crippen LogP contribution in [0, 0.1) is 5.92 Å². The van der Waals surface area contributed by atoms with Crippen molar-refractivity contribution < 1.29 is 4.79 Å². The molecular formula is C16H20N2O. The zero-order valence-corrected chi connectivity index (χ0v) is 11.1. The number of nitrogen functional groups attached to an aromatic ring is 1. The summed E-state index contributed by atoms with van der Waals surface area (Å²) in [5.74, 6) is 0.669. The van der Waals surface area contributed by atoms with Gasteiger partial charge in [0.25, 0.3) is 0 Å². The lowest BCUT2D eigenvalue weighted by Gasteiger charge is -2.31. The van der Waals surface area contributed by atoms with E-state index < -0.39 is 0 Å². The first-order valence-corrected chi connectivity index (χ1v) is 7.10. The second-order valence-electron chi connectivity index (χ2n) is 5.46. The highest BCUT2D eigenvalue weighted by Gasteiger charge is 2.25. The van der Waals surface area contributed by atoms with Crippen molar-refractivity contribution in [2.45, 2.75) is 32.1 Å². The van der Waals surface area contributed by atoms with Gasteiger partial charge in [0.1, 0.15) is 0 Å². The third-order valence-corrected chi connectivity index (χ3v) is 4.14. The van der Waals surface area contributed by atoms with E-state index in [1.54, 1.807) is 0 Å². The second kappa shape index (κ2) is 5.08. The number of hydrogen-bond acceptors (Lipinski definition) is 2. The summed E-state index contributed by atoms with van der Waals surface area (Å²) < 4.78 is 0. The molecule has 100 valence electrons. The highest BCUT2D eigenvalue weighted by Crippen LogP contribution is 2.32. The number of rotatable bonds is 2. The van der Waals surface area contributed by atoms with Gasteiger partial charge in [-0.3, -0.25) is 4.79 Å². The topological polar surface area (TPSA) is 46.3 Å². The van der Waals surface area contributed by atoms with Gasteiger partial charge < -0.3 is 10.6 Å². The van der Waals surface area contributed by atoms with Gasteiger partial charge in [0.2, 0.25) is 5.91 Å². The minimum absolute atomic E-state index is 0.239. The first-order valence-electron chi connectivity index (χ1n) is 7.10. The van der Waals surface area contributed by atoms with Crippen molar-refractivity contribution >= 4 is 17.3 Å². The van der Waals surface area contributed by atoms with Crippen LogP contribution in [0.2, 0.25) is 0 Å². The van der Waals surface area contributed by atoms with Crippen molar-refractivity contribution in [3.63, 3.8) is 0 Å². The number of carbonyl (C=O) groups excluding carboxylic acids is 1. The number of allylic oxidation sites excluding steroid dienone is 2. The third kappa shape index (κ3) is 2.37. The Hall–Kier alpha value is -1.77. The molecule has 1 aliphatic heterocycles. The molecule has 0 aromatic heterocycles. The fraction of sp³-hybridized carbons (Fsp3) is 0.438. The summed E-state index contributed by atoms with van der Waals surface area (Å²) in [7, 11) is 0. The van der Waals surface area contributed by atoms with E-state index in [9.17, 15) is 4.79 Å². The molecule has 1 atom stereocenters. The summed E-state index contributed by atoms with van der Waals surface area (Å²) in [6.45, 7) is 0.825. The molecule has 2 N–H and O–H groups in total. The predicted octanol–water partition coefficient (Wildman–Crippen LogP) is 2.90. The highest BCUT2D eigenvalue weighted by molar-refractivity contribution is 5.95. The summed E-state index contributed by atoms with van der Waals surface area (Å²) >= 11 is 0. The second-order valence-corrected chi connectivity index (χ2v) is 5.46.